The zero-order valence-electron chi connectivity index (χ0n) is 15.1. The molecule has 2 amide bonds. The van der Waals surface area contributed by atoms with Crippen LogP contribution in [0, 0.1) is 20.8 Å². The van der Waals surface area contributed by atoms with E-state index in [-0.39, 0.29) is 18.2 Å². The van der Waals surface area contributed by atoms with Crippen LogP contribution >= 0.6 is 0 Å². The van der Waals surface area contributed by atoms with Crippen LogP contribution in [0.25, 0.3) is 0 Å². The van der Waals surface area contributed by atoms with Crippen molar-refractivity contribution in [3.63, 3.8) is 0 Å². The molecule has 0 radical (unpaired) electrons. The fourth-order valence-corrected chi connectivity index (χ4v) is 2.69. The molecule has 6 heteroatoms. The third kappa shape index (κ3) is 4.27. The van der Waals surface area contributed by atoms with Crippen molar-refractivity contribution in [1.29, 1.82) is 0 Å². The van der Waals surface area contributed by atoms with Crippen molar-refractivity contribution in [3.8, 4) is 0 Å². The van der Waals surface area contributed by atoms with Crippen molar-refractivity contribution in [3.05, 3.63) is 59.2 Å². The fraction of sp³-hybridized carbons (Fsp3) is 0.250. The minimum absolute atomic E-state index is 0.0791. The van der Waals surface area contributed by atoms with Gasteiger partial charge in [-0.25, -0.2) is 10.6 Å². The molecule has 2 aromatic carbocycles. The molecule has 0 aromatic heterocycles. The van der Waals surface area contributed by atoms with Gasteiger partial charge in [-0.05, 0) is 56.2 Å². The van der Waals surface area contributed by atoms with E-state index < -0.39 is 6.04 Å². The Morgan fingerprint density at radius 1 is 1.04 bits per heavy atom. The van der Waals surface area contributed by atoms with E-state index in [4.69, 9.17) is 0 Å². The second-order valence-electron chi connectivity index (χ2n) is 6.60. The second kappa shape index (κ2) is 7.39. The lowest BCUT2D eigenvalue weighted by atomic mass is 10.1. The third-order valence-electron chi connectivity index (χ3n) is 4.38. The van der Waals surface area contributed by atoms with Gasteiger partial charge in [-0.2, -0.15) is 0 Å². The molecule has 1 aliphatic heterocycles. The summed E-state index contributed by atoms with van der Waals surface area (Å²) in [4.78, 5) is 27.6. The fourth-order valence-electron chi connectivity index (χ4n) is 2.69. The van der Waals surface area contributed by atoms with Crippen molar-refractivity contribution >= 4 is 29.1 Å². The number of hydrogen-bond donors (Lipinski definition) is 4. The van der Waals surface area contributed by atoms with Crippen LogP contribution in [0.5, 0.6) is 0 Å². The lowest BCUT2D eigenvalue weighted by Gasteiger charge is -2.17. The molecule has 0 saturated carbocycles. The van der Waals surface area contributed by atoms with Gasteiger partial charge in [0.1, 0.15) is 0 Å². The lowest BCUT2D eigenvalue weighted by Crippen LogP contribution is -2.89. The summed E-state index contributed by atoms with van der Waals surface area (Å²) in [5.74, 6) is -0.0461. The lowest BCUT2D eigenvalue weighted by molar-refractivity contribution is -0.490. The smallest absolute Gasteiger partial charge is 0.323 e. The van der Waals surface area contributed by atoms with Gasteiger partial charge in [0.05, 0.1) is 12.1 Å². The van der Waals surface area contributed by atoms with Crippen LogP contribution < -0.4 is 20.9 Å². The number of rotatable bonds is 3. The highest BCUT2D eigenvalue weighted by Crippen LogP contribution is 2.14. The molecule has 26 heavy (non-hydrogen) atoms. The topological polar surface area (TPSA) is 84.2 Å². The molecule has 1 heterocycles. The number of carbonyl (C=O) groups excluding carboxylic acids is 2. The minimum atomic E-state index is -0.640. The summed E-state index contributed by atoms with van der Waals surface area (Å²) in [5.41, 5.74) is 4.96. The summed E-state index contributed by atoms with van der Waals surface area (Å²) >= 11 is 0. The molecule has 1 atom stereocenters. The first-order valence-corrected chi connectivity index (χ1v) is 8.56. The van der Waals surface area contributed by atoms with E-state index in [1.807, 2.05) is 63.2 Å². The number of nitrogens with one attached hydrogen (secondary N) is 4. The van der Waals surface area contributed by atoms with Gasteiger partial charge in [0.15, 0.2) is 6.04 Å². The number of hydrogen-bond acceptors (Lipinski definition) is 3. The van der Waals surface area contributed by atoms with Gasteiger partial charge in [-0.1, -0.05) is 23.8 Å². The normalized spacial score (nSPS) is 16.5. The first-order valence-electron chi connectivity index (χ1n) is 8.56. The maximum absolute atomic E-state index is 12.6. The Kier molecular flexibility index (Phi) is 5.02. The van der Waals surface area contributed by atoms with Crippen LogP contribution in [0.15, 0.2) is 42.5 Å². The van der Waals surface area contributed by atoms with Crippen molar-refractivity contribution in [1.82, 2.24) is 5.32 Å². The summed E-state index contributed by atoms with van der Waals surface area (Å²) in [6.07, 6.45) is 0.0791. The Balaban J connectivity index is 1.73. The standard InChI is InChI=1S/C20H22N4O2/c1-12-4-7-15(8-5-12)22-20-23-17(11-18(25)24-20)19(26)21-16-9-6-13(2)14(3)10-16/h4-10,17H,11H2,1-3H3,(H,21,26)(H2,22,23,24,25)/p+1. The van der Waals surface area contributed by atoms with Crippen molar-refractivity contribution in [2.75, 3.05) is 10.6 Å². The number of aryl methyl sites for hydroxylation is 3. The maximum atomic E-state index is 12.6. The van der Waals surface area contributed by atoms with Crippen LogP contribution in [0.2, 0.25) is 0 Å². The monoisotopic (exact) mass is 351 g/mol. The molecule has 1 aliphatic rings. The molecule has 0 aliphatic carbocycles. The van der Waals surface area contributed by atoms with Crippen molar-refractivity contribution in [2.24, 2.45) is 0 Å². The Morgan fingerprint density at radius 2 is 1.73 bits per heavy atom. The predicted octanol–water partition coefficient (Wildman–Crippen LogP) is 0.988. The highest BCUT2D eigenvalue weighted by atomic mass is 16.2. The van der Waals surface area contributed by atoms with Gasteiger partial charge in [0.25, 0.3) is 11.8 Å². The van der Waals surface area contributed by atoms with Crippen molar-refractivity contribution < 1.29 is 14.6 Å². The maximum Gasteiger partial charge on any atom is 0.356 e. The molecule has 4 N–H and O–H groups in total. The van der Waals surface area contributed by atoms with Gasteiger partial charge in [0, 0.05) is 5.69 Å². The number of benzene rings is 2. The number of anilines is 2. The molecule has 0 bridgehead atoms. The molecule has 3 rings (SSSR count). The predicted molar refractivity (Wildman–Crippen MR) is 102 cm³/mol. The molecule has 6 nitrogen and oxygen atoms in total. The number of amides is 2. The third-order valence-corrected chi connectivity index (χ3v) is 4.38. The zero-order valence-corrected chi connectivity index (χ0v) is 15.1. The quantitative estimate of drug-likeness (QED) is 0.665. The van der Waals surface area contributed by atoms with Gasteiger partial charge in [-0.3, -0.25) is 14.6 Å². The molecule has 2 aromatic rings. The Bertz CT molecular complexity index is 872. The van der Waals surface area contributed by atoms with Gasteiger partial charge in [0.2, 0.25) is 0 Å². The average Bonchev–Trinajstić information content (AvgIpc) is 2.60. The Labute approximate surface area is 152 Å². The molecular weight excluding hydrogens is 328 g/mol. The second-order valence-corrected chi connectivity index (χ2v) is 6.60. The molecular formula is C20H23N4O2+. The Hall–Kier alpha value is -3.15. The van der Waals surface area contributed by atoms with E-state index >= 15 is 0 Å². The number of guanidine groups is 1. The highest BCUT2D eigenvalue weighted by molar-refractivity contribution is 6.05. The molecule has 0 spiro atoms. The average molecular weight is 351 g/mol. The van der Waals surface area contributed by atoms with E-state index in [0.29, 0.717) is 5.96 Å². The van der Waals surface area contributed by atoms with E-state index in [0.717, 1.165) is 28.1 Å². The summed E-state index contributed by atoms with van der Waals surface area (Å²) < 4.78 is 0. The summed E-state index contributed by atoms with van der Waals surface area (Å²) in [7, 11) is 0. The summed E-state index contributed by atoms with van der Waals surface area (Å²) in [5, 5.41) is 8.69. The summed E-state index contributed by atoms with van der Waals surface area (Å²) in [6, 6.07) is 12.9. The Morgan fingerprint density at radius 3 is 2.42 bits per heavy atom. The number of carbonyl (C=O) groups is 2. The molecule has 0 fully saturated rings. The first-order chi connectivity index (χ1) is 12.4. The van der Waals surface area contributed by atoms with E-state index in [1.54, 1.807) is 0 Å². The molecule has 134 valence electrons. The highest BCUT2D eigenvalue weighted by Gasteiger charge is 2.31. The van der Waals surface area contributed by atoms with E-state index in [2.05, 4.69) is 20.9 Å². The largest absolute Gasteiger partial charge is 0.356 e. The SMILES string of the molecule is Cc1ccc(NC2=[NH+]C(C(=O)Nc3ccc(C)c(C)c3)CC(=O)N2)cc1. The van der Waals surface area contributed by atoms with Crippen molar-refractivity contribution in [2.45, 2.75) is 33.2 Å². The van der Waals surface area contributed by atoms with E-state index in [1.165, 1.54) is 0 Å². The van der Waals surface area contributed by atoms with Crippen LogP contribution in [-0.4, -0.2) is 23.8 Å². The van der Waals surface area contributed by atoms with Gasteiger partial charge < -0.3 is 5.32 Å². The van der Waals surface area contributed by atoms with Crippen LogP contribution in [0.1, 0.15) is 23.1 Å². The minimum Gasteiger partial charge on any atom is -0.323 e. The van der Waals surface area contributed by atoms with Crippen LogP contribution in [0.3, 0.4) is 0 Å². The van der Waals surface area contributed by atoms with E-state index in [9.17, 15) is 9.59 Å². The molecule has 0 saturated heterocycles. The van der Waals surface area contributed by atoms with Crippen LogP contribution in [0.4, 0.5) is 11.4 Å². The van der Waals surface area contributed by atoms with Gasteiger partial charge in [-0.15, -0.1) is 0 Å². The molecule has 1 unspecified atom stereocenters. The van der Waals surface area contributed by atoms with Crippen LogP contribution in [-0.2, 0) is 9.59 Å². The van der Waals surface area contributed by atoms with Gasteiger partial charge >= 0.3 is 5.96 Å². The first kappa shape index (κ1) is 17.7. The zero-order chi connectivity index (χ0) is 18.7. The summed E-state index contributed by atoms with van der Waals surface area (Å²) in [6.45, 7) is 6.02.